The minimum Gasteiger partial charge on any atom is -0.355 e. The molecule has 1 atom stereocenters. The first-order chi connectivity index (χ1) is 21.4. The lowest BCUT2D eigenvalue weighted by Crippen LogP contribution is -2.53. The minimum atomic E-state index is -4.21. The Labute approximate surface area is 275 Å². The molecule has 4 rings (SSSR count). The molecular formula is C35H37Cl2N3O4S. The average Bonchev–Trinajstić information content (AvgIpc) is 3.01. The van der Waals surface area contributed by atoms with Crippen molar-refractivity contribution in [3.8, 4) is 0 Å². The van der Waals surface area contributed by atoms with E-state index in [2.05, 4.69) is 5.32 Å². The van der Waals surface area contributed by atoms with Crippen LogP contribution in [0, 0.1) is 20.8 Å². The van der Waals surface area contributed by atoms with Gasteiger partial charge in [-0.25, -0.2) is 8.42 Å². The molecule has 2 amide bonds. The number of amides is 2. The van der Waals surface area contributed by atoms with Gasteiger partial charge >= 0.3 is 0 Å². The van der Waals surface area contributed by atoms with Gasteiger partial charge in [0.05, 0.1) is 10.6 Å². The molecule has 0 fully saturated rings. The fraction of sp³-hybridized carbons (Fsp3) is 0.257. The molecule has 45 heavy (non-hydrogen) atoms. The average molecular weight is 667 g/mol. The van der Waals surface area contributed by atoms with E-state index in [1.165, 1.54) is 17.0 Å². The molecule has 0 aliphatic rings. The highest BCUT2D eigenvalue weighted by Crippen LogP contribution is 2.31. The quantitative estimate of drug-likeness (QED) is 0.179. The van der Waals surface area contributed by atoms with Gasteiger partial charge in [-0.2, -0.15) is 0 Å². The Balaban J connectivity index is 1.86. The maximum Gasteiger partial charge on any atom is 0.264 e. The van der Waals surface area contributed by atoms with Crippen LogP contribution in [0.2, 0.25) is 10.0 Å². The van der Waals surface area contributed by atoms with Gasteiger partial charge in [0.1, 0.15) is 12.6 Å². The van der Waals surface area contributed by atoms with Gasteiger partial charge in [-0.1, -0.05) is 89.4 Å². The van der Waals surface area contributed by atoms with Gasteiger partial charge < -0.3 is 10.2 Å². The first kappa shape index (κ1) is 34.0. The van der Waals surface area contributed by atoms with Gasteiger partial charge in [0.15, 0.2) is 0 Å². The number of halogens is 2. The third kappa shape index (κ3) is 8.06. The molecule has 236 valence electrons. The molecule has 0 radical (unpaired) electrons. The van der Waals surface area contributed by atoms with E-state index in [9.17, 15) is 18.0 Å². The Hall–Kier alpha value is -3.85. The molecule has 7 nitrogen and oxygen atoms in total. The summed E-state index contributed by atoms with van der Waals surface area (Å²) in [5.41, 5.74) is 4.14. The number of hydrogen-bond donors (Lipinski definition) is 1. The first-order valence-electron chi connectivity index (χ1n) is 14.6. The molecule has 4 aromatic carbocycles. The summed E-state index contributed by atoms with van der Waals surface area (Å²) in [5, 5.41) is 3.50. The monoisotopic (exact) mass is 665 g/mol. The van der Waals surface area contributed by atoms with E-state index in [0.717, 1.165) is 21.0 Å². The van der Waals surface area contributed by atoms with Crippen LogP contribution in [0.3, 0.4) is 0 Å². The Morgan fingerprint density at radius 2 is 1.44 bits per heavy atom. The standard InChI is InChI=1S/C35H37Cl2N3O4S/c1-5-38-35(42)33(21-27-12-7-6-8-13-27)39(22-29-30(36)14-10-15-31(29)37)34(41)23-40(32-16-9-11-25(3)26(32)4)45(43,44)28-19-17-24(2)18-20-28/h6-20,33H,5,21-23H2,1-4H3,(H,38,42). The Kier molecular flexibility index (Phi) is 11.3. The van der Waals surface area contributed by atoms with E-state index < -0.39 is 28.5 Å². The van der Waals surface area contributed by atoms with Gasteiger partial charge in [0, 0.05) is 35.1 Å². The number of hydrogen-bond acceptors (Lipinski definition) is 4. The third-order valence-electron chi connectivity index (χ3n) is 7.74. The highest BCUT2D eigenvalue weighted by atomic mass is 35.5. The molecule has 0 heterocycles. The largest absolute Gasteiger partial charge is 0.355 e. The molecule has 0 aliphatic heterocycles. The van der Waals surface area contributed by atoms with Crippen LogP contribution in [0.15, 0.2) is 95.9 Å². The number of carbonyl (C=O) groups excluding carboxylic acids is 2. The van der Waals surface area contributed by atoms with Crippen molar-refractivity contribution >= 4 is 50.7 Å². The Morgan fingerprint density at radius 3 is 2.07 bits per heavy atom. The smallest absolute Gasteiger partial charge is 0.264 e. The van der Waals surface area contributed by atoms with Crippen molar-refractivity contribution in [1.82, 2.24) is 10.2 Å². The molecule has 10 heteroatoms. The number of nitrogens with one attached hydrogen (secondary N) is 1. The van der Waals surface area contributed by atoms with E-state index in [1.54, 1.807) is 49.4 Å². The SMILES string of the molecule is CCNC(=O)C(Cc1ccccc1)N(Cc1c(Cl)cccc1Cl)C(=O)CN(c1cccc(C)c1C)S(=O)(=O)c1ccc(C)cc1. The number of benzene rings is 4. The molecule has 0 aromatic heterocycles. The first-order valence-corrected chi connectivity index (χ1v) is 16.8. The van der Waals surface area contributed by atoms with Gasteiger partial charge in [-0.3, -0.25) is 13.9 Å². The van der Waals surface area contributed by atoms with Crippen LogP contribution < -0.4 is 9.62 Å². The summed E-state index contributed by atoms with van der Waals surface area (Å²) in [5.74, 6) is -0.965. The van der Waals surface area contributed by atoms with Crippen LogP contribution in [0.4, 0.5) is 5.69 Å². The molecule has 1 unspecified atom stereocenters. The van der Waals surface area contributed by atoms with Gasteiger partial charge in [-0.15, -0.1) is 0 Å². The van der Waals surface area contributed by atoms with Gasteiger partial charge in [0.2, 0.25) is 11.8 Å². The predicted octanol–water partition coefficient (Wildman–Crippen LogP) is 6.89. The lowest BCUT2D eigenvalue weighted by atomic mass is 10.0. The van der Waals surface area contributed by atoms with Crippen LogP contribution in [-0.2, 0) is 32.6 Å². The maximum absolute atomic E-state index is 14.6. The van der Waals surface area contributed by atoms with E-state index in [4.69, 9.17) is 23.2 Å². The van der Waals surface area contributed by atoms with Crippen LogP contribution in [-0.4, -0.2) is 44.3 Å². The zero-order valence-electron chi connectivity index (χ0n) is 25.8. The second kappa shape index (κ2) is 15.0. The number of rotatable bonds is 12. The van der Waals surface area contributed by atoms with Crippen LogP contribution in [0.1, 0.15) is 34.7 Å². The van der Waals surface area contributed by atoms with Crippen molar-refractivity contribution in [1.29, 1.82) is 0 Å². The molecule has 0 spiro atoms. The molecule has 0 saturated heterocycles. The van der Waals surface area contributed by atoms with Crippen LogP contribution in [0.5, 0.6) is 0 Å². The minimum absolute atomic E-state index is 0.0482. The molecule has 4 aromatic rings. The van der Waals surface area contributed by atoms with Crippen molar-refractivity contribution < 1.29 is 18.0 Å². The molecular weight excluding hydrogens is 629 g/mol. The summed E-state index contributed by atoms with van der Waals surface area (Å²) < 4.78 is 29.7. The van der Waals surface area contributed by atoms with E-state index in [1.807, 2.05) is 57.2 Å². The summed E-state index contributed by atoms with van der Waals surface area (Å²) in [6, 6.07) is 25.2. The lowest BCUT2D eigenvalue weighted by molar-refractivity contribution is -0.140. The number of carbonyl (C=O) groups is 2. The second-order valence-electron chi connectivity index (χ2n) is 10.9. The van der Waals surface area contributed by atoms with Crippen molar-refractivity contribution in [3.63, 3.8) is 0 Å². The molecule has 0 aliphatic carbocycles. The lowest BCUT2D eigenvalue weighted by Gasteiger charge is -2.34. The Bertz CT molecular complexity index is 1740. The van der Waals surface area contributed by atoms with Crippen molar-refractivity contribution in [2.45, 2.75) is 51.6 Å². The maximum atomic E-state index is 14.6. The normalized spacial score (nSPS) is 12.0. The fourth-order valence-electron chi connectivity index (χ4n) is 5.06. The predicted molar refractivity (Wildman–Crippen MR) is 181 cm³/mol. The van der Waals surface area contributed by atoms with Crippen LogP contribution in [0.25, 0.3) is 0 Å². The molecule has 0 saturated carbocycles. The number of aryl methyl sites for hydroxylation is 2. The summed E-state index contributed by atoms with van der Waals surface area (Å²) in [6.07, 6.45) is 0.189. The molecule has 0 bridgehead atoms. The summed E-state index contributed by atoms with van der Waals surface area (Å²) in [4.78, 5) is 29.7. The highest BCUT2D eigenvalue weighted by Gasteiger charge is 2.35. The van der Waals surface area contributed by atoms with Gasteiger partial charge in [0.25, 0.3) is 10.0 Å². The topological polar surface area (TPSA) is 86.8 Å². The van der Waals surface area contributed by atoms with E-state index >= 15 is 0 Å². The second-order valence-corrected chi connectivity index (χ2v) is 13.5. The Morgan fingerprint density at radius 1 is 0.822 bits per heavy atom. The summed E-state index contributed by atoms with van der Waals surface area (Å²) in [6.45, 7) is 7.04. The zero-order chi connectivity index (χ0) is 32.7. The van der Waals surface area contributed by atoms with Crippen molar-refractivity contribution in [2.75, 3.05) is 17.4 Å². The van der Waals surface area contributed by atoms with E-state index in [0.29, 0.717) is 33.4 Å². The van der Waals surface area contributed by atoms with Crippen molar-refractivity contribution in [3.05, 3.63) is 129 Å². The highest BCUT2D eigenvalue weighted by molar-refractivity contribution is 7.92. The number of likely N-dealkylation sites (N-methyl/N-ethyl adjacent to an activating group) is 1. The fourth-order valence-corrected chi connectivity index (χ4v) is 7.04. The van der Waals surface area contributed by atoms with Crippen LogP contribution >= 0.6 is 23.2 Å². The third-order valence-corrected chi connectivity index (χ3v) is 10.2. The molecule has 1 N–H and O–H groups in total. The van der Waals surface area contributed by atoms with Crippen molar-refractivity contribution in [2.24, 2.45) is 0 Å². The van der Waals surface area contributed by atoms with Gasteiger partial charge in [-0.05, 0) is 74.7 Å². The zero-order valence-corrected chi connectivity index (χ0v) is 28.1. The number of anilines is 1. The summed E-state index contributed by atoms with van der Waals surface area (Å²) >= 11 is 13.1. The van der Waals surface area contributed by atoms with E-state index in [-0.39, 0.29) is 23.8 Å². The summed E-state index contributed by atoms with van der Waals surface area (Å²) in [7, 11) is -4.21. The number of nitrogens with zero attached hydrogens (tertiary/aromatic N) is 2. The number of sulfonamides is 1.